The van der Waals surface area contributed by atoms with E-state index < -0.39 is 0 Å². The highest BCUT2D eigenvalue weighted by Gasteiger charge is 2.20. The molecule has 19 heavy (non-hydrogen) atoms. The molecule has 0 saturated heterocycles. The quantitative estimate of drug-likeness (QED) is 0.889. The number of aryl methyl sites for hydroxylation is 1. The first-order valence-electron chi connectivity index (χ1n) is 6.97. The molecule has 5 nitrogen and oxygen atoms in total. The van der Waals surface area contributed by atoms with Gasteiger partial charge in [-0.2, -0.15) is 0 Å². The Morgan fingerprint density at radius 3 is 2.84 bits per heavy atom. The molecule has 0 aliphatic heterocycles. The van der Waals surface area contributed by atoms with Crippen LogP contribution < -0.4 is 10.9 Å². The second kappa shape index (κ2) is 6.50. The number of nitrogens with zero attached hydrogens (tertiary/aromatic N) is 2. The molecule has 2 rings (SSSR count). The van der Waals surface area contributed by atoms with E-state index in [0.717, 1.165) is 25.7 Å². The molecule has 0 spiro atoms. The van der Waals surface area contributed by atoms with Crippen molar-refractivity contribution in [2.75, 3.05) is 6.54 Å². The monoisotopic (exact) mass is 263 g/mol. The van der Waals surface area contributed by atoms with Gasteiger partial charge in [0.25, 0.3) is 5.56 Å². The van der Waals surface area contributed by atoms with Gasteiger partial charge in [0.05, 0.1) is 6.33 Å². The number of rotatable bonds is 4. The zero-order chi connectivity index (χ0) is 13.7. The molecule has 0 aromatic carbocycles. The Hall–Kier alpha value is -1.65. The van der Waals surface area contributed by atoms with Crippen LogP contribution in [0.2, 0.25) is 0 Å². The van der Waals surface area contributed by atoms with Crippen molar-refractivity contribution in [3.8, 4) is 0 Å². The van der Waals surface area contributed by atoms with E-state index >= 15 is 0 Å². The third-order valence-corrected chi connectivity index (χ3v) is 3.64. The molecule has 0 atom stereocenters. The fourth-order valence-corrected chi connectivity index (χ4v) is 2.49. The summed E-state index contributed by atoms with van der Waals surface area (Å²) in [5.74, 6) is 0.300. The standard InChI is InChI=1S/C14H21N3O2/c1-11-9-13(18)17(10-16-11)8-7-15-14(19)12-5-3-2-4-6-12/h9-10,12H,2-8H2,1H3,(H,15,19). The van der Waals surface area contributed by atoms with Crippen LogP contribution in [0.4, 0.5) is 0 Å². The van der Waals surface area contributed by atoms with Crippen molar-refractivity contribution in [2.24, 2.45) is 5.92 Å². The second-order valence-corrected chi connectivity index (χ2v) is 5.19. The van der Waals surface area contributed by atoms with Crippen molar-refractivity contribution in [1.29, 1.82) is 0 Å². The van der Waals surface area contributed by atoms with Crippen LogP contribution in [-0.4, -0.2) is 22.0 Å². The van der Waals surface area contributed by atoms with Crippen molar-refractivity contribution in [3.05, 3.63) is 28.4 Å². The first-order valence-corrected chi connectivity index (χ1v) is 6.97. The summed E-state index contributed by atoms with van der Waals surface area (Å²) in [6.07, 6.45) is 7.08. The molecule has 1 fully saturated rings. The van der Waals surface area contributed by atoms with Crippen molar-refractivity contribution < 1.29 is 4.79 Å². The topological polar surface area (TPSA) is 64.0 Å². The van der Waals surface area contributed by atoms with E-state index in [9.17, 15) is 9.59 Å². The molecular weight excluding hydrogens is 242 g/mol. The van der Waals surface area contributed by atoms with Gasteiger partial charge in [0.1, 0.15) is 0 Å². The Morgan fingerprint density at radius 2 is 2.16 bits per heavy atom. The van der Waals surface area contributed by atoms with Gasteiger partial charge in [-0.05, 0) is 19.8 Å². The Kier molecular flexibility index (Phi) is 4.71. The van der Waals surface area contributed by atoms with Crippen LogP contribution in [0.1, 0.15) is 37.8 Å². The van der Waals surface area contributed by atoms with Crippen LogP contribution in [0.5, 0.6) is 0 Å². The van der Waals surface area contributed by atoms with E-state index in [1.807, 2.05) is 0 Å². The molecular formula is C14H21N3O2. The van der Waals surface area contributed by atoms with E-state index in [2.05, 4.69) is 10.3 Å². The average Bonchev–Trinajstić information content (AvgIpc) is 2.42. The molecule has 1 aliphatic rings. The minimum atomic E-state index is -0.0700. The minimum Gasteiger partial charge on any atom is -0.354 e. The molecule has 1 saturated carbocycles. The van der Waals surface area contributed by atoms with Gasteiger partial charge in [-0.1, -0.05) is 19.3 Å². The van der Waals surface area contributed by atoms with Crippen molar-refractivity contribution in [1.82, 2.24) is 14.9 Å². The SMILES string of the molecule is Cc1cc(=O)n(CCNC(=O)C2CCCCC2)cn1. The van der Waals surface area contributed by atoms with E-state index in [1.165, 1.54) is 23.4 Å². The third-order valence-electron chi connectivity index (χ3n) is 3.64. The molecule has 5 heteroatoms. The summed E-state index contributed by atoms with van der Waals surface area (Å²) in [5, 5.41) is 2.92. The highest BCUT2D eigenvalue weighted by molar-refractivity contribution is 5.78. The smallest absolute Gasteiger partial charge is 0.253 e. The van der Waals surface area contributed by atoms with Crippen LogP contribution in [0, 0.1) is 12.8 Å². The normalized spacial score (nSPS) is 16.3. The van der Waals surface area contributed by atoms with Gasteiger partial charge in [-0.25, -0.2) is 4.98 Å². The zero-order valence-corrected chi connectivity index (χ0v) is 11.4. The van der Waals surface area contributed by atoms with Crippen LogP contribution in [-0.2, 0) is 11.3 Å². The largest absolute Gasteiger partial charge is 0.354 e. The Balaban J connectivity index is 1.79. The second-order valence-electron chi connectivity index (χ2n) is 5.19. The summed E-state index contributed by atoms with van der Waals surface area (Å²) in [6, 6.07) is 1.50. The van der Waals surface area contributed by atoms with Crippen molar-refractivity contribution in [2.45, 2.75) is 45.6 Å². The highest BCUT2D eigenvalue weighted by Crippen LogP contribution is 2.23. The maximum absolute atomic E-state index is 11.9. The van der Waals surface area contributed by atoms with Gasteiger partial charge < -0.3 is 5.32 Å². The van der Waals surface area contributed by atoms with E-state index in [4.69, 9.17) is 0 Å². The number of nitrogens with one attached hydrogen (secondary N) is 1. The maximum Gasteiger partial charge on any atom is 0.253 e. The first-order chi connectivity index (χ1) is 9.16. The maximum atomic E-state index is 11.9. The van der Waals surface area contributed by atoms with Gasteiger partial charge in [0.15, 0.2) is 0 Å². The van der Waals surface area contributed by atoms with Crippen LogP contribution >= 0.6 is 0 Å². The summed E-state index contributed by atoms with van der Waals surface area (Å²) < 4.78 is 1.52. The van der Waals surface area contributed by atoms with Gasteiger partial charge in [-0.15, -0.1) is 0 Å². The predicted molar refractivity (Wildman–Crippen MR) is 72.8 cm³/mol. The molecule has 0 radical (unpaired) electrons. The summed E-state index contributed by atoms with van der Waals surface area (Å²) in [6.45, 7) is 2.75. The first kappa shape index (κ1) is 13.8. The average molecular weight is 263 g/mol. The summed E-state index contributed by atoms with van der Waals surface area (Å²) in [4.78, 5) is 27.6. The number of carbonyl (C=O) groups is 1. The van der Waals surface area contributed by atoms with Crippen LogP contribution in [0.25, 0.3) is 0 Å². The molecule has 0 unspecified atom stereocenters. The highest BCUT2D eigenvalue weighted by atomic mass is 16.2. The van der Waals surface area contributed by atoms with Gasteiger partial charge in [-0.3, -0.25) is 14.2 Å². The molecule has 1 amide bonds. The summed E-state index contributed by atoms with van der Waals surface area (Å²) >= 11 is 0. The number of carbonyl (C=O) groups excluding carboxylic acids is 1. The van der Waals surface area contributed by atoms with Gasteiger partial charge in [0, 0.05) is 30.8 Å². The lowest BCUT2D eigenvalue weighted by Crippen LogP contribution is -2.35. The predicted octanol–water partition coefficient (Wildman–Crippen LogP) is 1.25. The number of aromatic nitrogens is 2. The van der Waals surface area contributed by atoms with E-state index in [-0.39, 0.29) is 17.4 Å². The van der Waals surface area contributed by atoms with E-state index in [0.29, 0.717) is 18.8 Å². The fourth-order valence-electron chi connectivity index (χ4n) is 2.49. The van der Waals surface area contributed by atoms with Crippen molar-refractivity contribution >= 4 is 5.91 Å². The molecule has 1 aliphatic carbocycles. The lowest BCUT2D eigenvalue weighted by atomic mass is 9.89. The van der Waals surface area contributed by atoms with Crippen LogP contribution in [0.15, 0.2) is 17.2 Å². The van der Waals surface area contributed by atoms with Crippen molar-refractivity contribution in [3.63, 3.8) is 0 Å². The third kappa shape index (κ3) is 3.91. The minimum absolute atomic E-state index is 0.0700. The Labute approximate surface area is 113 Å². The van der Waals surface area contributed by atoms with Crippen LogP contribution in [0.3, 0.4) is 0 Å². The van der Waals surface area contributed by atoms with E-state index in [1.54, 1.807) is 6.92 Å². The number of hydrogen-bond donors (Lipinski definition) is 1. The molecule has 1 aromatic heterocycles. The Bertz CT molecular complexity index is 490. The number of hydrogen-bond acceptors (Lipinski definition) is 3. The summed E-state index contributed by atoms with van der Waals surface area (Å²) in [7, 11) is 0. The molecule has 1 heterocycles. The zero-order valence-electron chi connectivity index (χ0n) is 11.4. The Morgan fingerprint density at radius 1 is 1.42 bits per heavy atom. The molecule has 1 N–H and O–H groups in total. The molecule has 104 valence electrons. The molecule has 0 bridgehead atoms. The molecule has 1 aromatic rings. The lowest BCUT2D eigenvalue weighted by Gasteiger charge is -2.20. The van der Waals surface area contributed by atoms with Gasteiger partial charge in [0.2, 0.25) is 5.91 Å². The number of amides is 1. The lowest BCUT2D eigenvalue weighted by molar-refractivity contribution is -0.125. The fraction of sp³-hybridized carbons (Fsp3) is 0.643. The summed E-state index contributed by atoms with van der Waals surface area (Å²) in [5.41, 5.74) is 0.645. The van der Waals surface area contributed by atoms with Gasteiger partial charge >= 0.3 is 0 Å².